The number of benzene rings is 1. The fourth-order valence-corrected chi connectivity index (χ4v) is 4.40. The second-order valence-electron chi connectivity index (χ2n) is 6.89. The highest BCUT2D eigenvalue weighted by Crippen LogP contribution is 2.25. The molecule has 30 heavy (non-hydrogen) atoms. The van der Waals surface area contributed by atoms with Gasteiger partial charge in [-0.2, -0.15) is 4.98 Å². The SMILES string of the molecule is O=c1c2ccc(Cl)cc2nc(SCc2noc(-c3ccco3)n2)n1C[C@H]1CCCO1. The zero-order valence-corrected chi connectivity index (χ0v) is 17.4. The van der Waals surface area contributed by atoms with Crippen LogP contribution in [0.1, 0.15) is 18.7 Å². The van der Waals surface area contributed by atoms with Crippen molar-refractivity contribution < 1.29 is 13.7 Å². The van der Waals surface area contributed by atoms with E-state index in [1.807, 2.05) is 0 Å². The topological polar surface area (TPSA) is 96.2 Å². The molecule has 5 rings (SSSR count). The molecule has 1 aliphatic heterocycles. The standard InChI is InChI=1S/C20H17ClN4O4S/c21-12-5-6-14-15(9-12)22-20(25(19(14)26)10-13-3-1-7-27-13)30-11-17-23-18(29-24-17)16-4-2-8-28-16/h2,4-6,8-9,13H,1,3,7,10-11H2/t13-/m1/s1. The number of ether oxygens (including phenoxy) is 1. The molecule has 4 aromatic rings. The van der Waals surface area contributed by atoms with Gasteiger partial charge in [0.15, 0.2) is 16.7 Å². The van der Waals surface area contributed by atoms with Crippen molar-refractivity contribution in [2.75, 3.05) is 6.61 Å². The summed E-state index contributed by atoms with van der Waals surface area (Å²) in [5.41, 5.74) is 0.446. The number of hydrogen-bond acceptors (Lipinski definition) is 8. The summed E-state index contributed by atoms with van der Waals surface area (Å²) in [4.78, 5) is 22.2. The van der Waals surface area contributed by atoms with E-state index in [-0.39, 0.29) is 11.7 Å². The first-order valence-electron chi connectivity index (χ1n) is 9.48. The Morgan fingerprint density at radius 1 is 1.27 bits per heavy atom. The fourth-order valence-electron chi connectivity index (χ4n) is 3.38. The van der Waals surface area contributed by atoms with E-state index >= 15 is 0 Å². The summed E-state index contributed by atoms with van der Waals surface area (Å²) in [6, 6.07) is 8.61. The van der Waals surface area contributed by atoms with Crippen molar-refractivity contribution in [3.63, 3.8) is 0 Å². The summed E-state index contributed by atoms with van der Waals surface area (Å²) in [6.07, 6.45) is 3.47. The molecular formula is C20H17ClN4O4S. The third-order valence-electron chi connectivity index (χ3n) is 4.82. The monoisotopic (exact) mass is 444 g/mol. The largest absolute Gasteiger partial charge is 0.459 e. The Bertz CT molecular complexity index is 1230. The first kappa shape index (κ1) is 19.3. The van der Waals surface area contributed by atoms with Crippen LogP contribution in [-0.4, -0.2) is 32.4 Å². The lowest BCUT2D eigenvalue weighted by molar-refractivity contribution is 0.0937. The van der Waals surface area contributed by atoms with Crippen LogP contribution in [0.3, 0.4) is 0 Å². The molecule has 1 saturated heterocycles. The lowest BCUT2D eigenvalue weighted by Crippen LogP contribution is -2.28. The Morgan fingerprint density at radius 3 is 3.00 bits per heavy atom. The van der Waals surface area contributed by atoms with Crippen LogP contribution in [-0.2, 0) is 17.0 Å². The molecule has 0 N–H and O–H groups in total. The molecule has 3 aromatic heterocycles. The summed E-state index contributed by atoms with van der Waals surface area (Å²) in [7, 11) is 0. The van der Waals surface area contributed by atoms with E-state index < -0.39 is 0 Å². The zero-order valence-electron chi connectivity index (χ0n) is 15.8. The molecule has 8 nitrogen and oxygen atoms in total. The van der Waals surface area contributed by atoms with Crippen LogP contribution < -0.4 is 5.56 Å². The summed E-state index contributed by atoms with van der Waals surface area (Å²) < 4.78 is 17.9. The third-order valence-corrected chi connectivity index (χ3v) is 6.03. The number of fused-ring (bicyclic) bond motifs is 1. The van der Waals surface area contributed by atoms with E-state index in [0.717, 1.165) is 19.4 Å². The van der Waals surface area contributed by atoms with Crippen LogP contribution in [0.5, 0.6) is 0 Å². The maximum absolute atomic E-state index is 13.2. The average Bonchev–Trinajstić information content (AvgIpc) is 3.51. The van der Waals surface area contributed by atoms with Crippen LogP contribution in [0, 0.1) is 0 Å². The average molecular weight is 445 g/mol. The van der Waals surface area contributed by atoms with Gasteiger partial charge >= 0.3 is 0 Å². The molecule has 0 amide bonds. The van der Waals surface area contributed by atoms with E-state index in [1.165, 1.54) is 11.8 Å². The van der Waals surface area contributed by atoms with Crippen molar-refractivity contribution in [3.05, 3.63) is 57.8 Å². The van der Waals surface area contributed by atoms with Crippen molar-refractivity contribution in [1.82, 2.24) is 19.7 Å². The van der Waals surface area contributed by atoms with E-state index in [2.05, 4.69) is 10.1 Å². The molecule has 1 aromatic carbocycles. The molecule has 0 unspecified atom stereocenters. The highest BCUT2D eigenvalue weighted by molar-refractivity contribution is 7.98. The van der Waals surface area contributed by atoms with Gasteiger partial charge in [-0.15, -0.1) is 0 Å². The number of rotatable bonds is 6. The number of thioether (sulfide) groups is 1. The second kappa shape index (κ2) is 8.25. The summed E-state index contributed by atoms with van der Waals surface area (Å²) in [6.45, 7) is 1.17. The molecule has 4 heterocycles. The summed E-state index contributed by atoms with van der Waals surface area (Å²) in [5.74, 6) is 1.68. The Labute approximate surface area is 180 Å². The van der Waals surface area contributed by atoms with Crippen LogP contribution >= 0.6 is 23.4 Å². The predicted octanol–water partition coefficient (Wildman–Crippen LogP) is 4.16. The lowest BCUT2D eigenvalue weighted by atomic mass is 10.2. The predicted molar refractivity (Wildman–Crippen MR) is 112 cm³/mol. The number of aromatic nitrogens is 4. The first-order valence-corrected chi connectivity index (χ1v) is 10.8. The van der Waals surface area contributed by atoms with Crippen molar-refractivity contribution in [2.45, 2.75) is 36.4 Å². The quantitative estimate of drug-likeness (QED) is 0.323. The molecule has 0 spiro atoms. The Morgan fingerprint density at radius 2 is 2.20 bits per heavy atom. The van der Waals surface area contributed by atoms with Crippen molar-refractivity contribution in [2.24, 2.45) is 0 Å². The Kier molecular flexibility index (Phi) is 5.32. The normalized spacial score (nSPS) is 16.5. The maximum Gasteiger partial charge on any atom is 0.293 e. The summed E-state index contributed by atoms with van der Waals surface area (Å²) >= 11 is 7.47. The van der Waals surface area contributed by atoms with Gasteiger partial charge < -0.3 is 13.7 Å². The lowest BCUT2D eigenvalue weighted by Gasteiger charge is -2.16. The molecule has 10 heteroatoms. The zero-order chi connectivity index (χ0) is 20.5. The first-order chi connectivity index (χ1) is 14.7. The second-order valence-corrected chi connectivity index (χ2v) is 8.27. The van der Waals surface area contributed by atoms with Gasteiger partial charge in [0.05, 0.1) is 35.6 Å². The van der Waals surface area contributed by atoms with Crippen molar-refractivity contribution in [1.29, 1.82) is 0 Å². The van der Waals surface area contributed by atoms with Gasteiger partial charge in [-0.05, 0) is 43.2 Å². The van der Waals surface area contributed by atoms with Gasteiger partial charge in [0.1, 0.15) is 0 Å². The maximum atomic E-state index is 13.2. The van der Waals surface area contributed by atoms with Crippen molar-refractivity contribution >= 4 is 34.3 Å². The van der Waals surface area contributed by atoms with Crippen LogP contribution in [0.4, 0.5) is 0 Å². The molecular weight excluding hydrogens is 428 g/mol. The van der Waals surface area contributed by atoms with Gasteiger partial charge in [-0.1, -0.05) is 28.5 Å². The van der Waals surface area contributed by atoms with Gasteiger partial charge in [0.2, 0.25) is 0 Å². The molecule has 1 aliphatic rings. The minimum atomic E-state index is -0.112. The highest BCUT2D eigenvalue weighted by Gasteiger charge is 2.21. The molecule has 1 atom stereocenters. The summed E-state index contributed by atoms with van der Waals surface area (Å²) in [5, 5.41) is 5.62. The number of hydrogen-bond donors (Lipinski definition) is 0. The minimum Gasteiger partial charge on any atom is -0.459 e. The Balaban J connectivity index is 1.46. The number of nitrogens with zero attached hydrogens (tertiary/aromatic N) is 4. The number of halogens is 1. The van der Waals surface area contributed by atoms with E-state index in [4.69, 9.17) is 30.3 Å². The molecule has 0 saturated carbocycles. The molecule has 154 valence electrons. The molecule has 1 fully saturated rings. The smallest absolute Gasteiger partial charge is 0.293 e. The third kappa shape index (κ3) is 3.88. The fraction of sp³-hybridized carbons (Fsp3) is 0.300. The molecule has 0 bridgehead atoms. The van der Waals surface area contributed by atoms with Gasteiger partial charge in [0, 0.05) is 11.6 Å². The van der Waals surface area contributed by atoms with E-state index in [1.54, 1.807) is 41.2 Å². The van der Waals surface area contributed by atoms with E-state index in [9.17, 15) is 4.79 Å². The van der Waals surface area contributed by atoms with Crippen LogP contribution in [0.2, 0.25) is 5.02 Å². The van der Waals surface area contributed by atoms with Crippen LogP contribution in [0.15, 0.2) is 55.5 Å². The van der Waals surface area contributed by atoms with Gasteiger partial charge in [-0.3, -0.25) is 9.36 Å². The number of furan rings is 1. The Hall–Kier alpha value is -2.62. The van der Waals surface area contributed by atoms with Gasteiger partial charge in [0.25, 0.3) is 11.4 Å². The van der Waals surface area contributed by atoms with Crippen LogP contribution in [0.25, 0.3) is 22.6 Å². The minimum absolute atomic E-state index is 0.00401. The van der Waals surface area contributed by atoms with E-state index in [0.29, 0.717) is 50.9 Å². The molecule has 0 aliphatic carbocycles. The highest BCUT2D eigenvalue weighted by atomic mass is 35.5. The van der Waals surface area contributed by atoms with Crippen molar-refractivity contribution in [3.8, 4) is 11.7 Å². The molecule has 0 radical (unpaired) electrons. The van der Waals surface area contributed by atoms with Gasteiger partial charge in [-0.25, -0.2) is 4.98 Å².